The van der Waals surface area contributed by atoms with Crippen LogP contribution in [0.15, 0.2) is 86.7 Å². The standard InChI is InChI=1S/C26H22N6O6S2/c33-25-17-14-16(4-3-12-28-22-5-1-2-11-27-22)6-7-18(17)29-23(30-25)15-20(26(34)35)32-40(36,37)24-9-8-21(39-24)19-10-13-38-31-19/h1-11,13-14,20,32H,12,15H2,(H,27,28)(H,34,35)(H,29,30,33)/t20-/m0/s1. The summed E-state index contributed by atoms with van der Waals surface area (Å²) in [6.45, 7) is 0.530. The summed E-state index contributed by atoms with van der Waals surface area (Å²) >= 11 is 0.917. The summed E-state index contributed by atoms with van der Waals surface area (Å²) < 4.78 is 32.7. The lowest BCUT2D eigenvalue weighted by molar-refractivity contribution is -0.139. The first-order chi connectivity index (χ1) is 19.3. The number of carboxylic acids is 1. The second-order valence-electron chi connectivity index (χ2n) is 8.51. The van der Waals surface area contributed by atoms with Crippen molar-refractivity contribution in [1.82, 2.24) is 24.8 Å². The number of hydrogen-bond donors (Lipinski definition) is 4. The third-order valence-corrected chi connectivity index (χ3v) is 8.76. The summed E-state index contributed by atoms with van der Waals surface area (Å²) in [5.74, 6) is -0.642. The predicted octanol–water partition coefficient (Wildman–Crippen LogP) is 3.13. The Hall–Kier alpha value is -4.66. The predicted molar refractivity (Wildman–Crippen MR) is 149 cm³/mol. The van der Waals surface area contributed by atoms with Crippen molar-refractivity contribution in [3.05, 3.63) is 94.9 Å². The molecule has 0 unspecified atom stereocenters. The molecule has 0 saturated carbocycles. The number of carboxylic acid groups (broad SMARTS) is 1. The van der Waals surface area contributed by atoms with E-state index in [9.17, 15) is 23.1 Å². The van der Waals surface area contributed by atoms with E-state index in [2.05, 4.69) is 30.1 Å². The van der Waals surface area contributed by atoms with E-state index in [1.165, 1.54) is 12.3 Å². The molecule has 12 nitrogen and oxygen atoms in total. The number of thiophene rings is 1. The van der Waals surface area contributed by atoms with Gasteiger partial charge in [0.2, 0.25) is 0 Å². The van der Waals surface area contributed by atoms with E-state index in [4.69, 9.17) is 4.52 Å². The van der Waals surface area contributed by atoms with Crippen molar-refractivity contribution in [1.29, 1.82) is 0 Å². The molecular weight excluding hydrogens is 556 g/mol. The Morgan fingerprint density at radius 1 is 1.18 bits per heavy atom. The van der Waals surface area contributed by atoms with Crippen LogP contribution in [0.4, 0.5) is 5.82 Å². The first kappa shape index (κ1) is 26.9. The number of aromatic amines is 1. The van der Waals surface area contributed by atoms with Crippen LogP contribution in [0, 0.1) is 0 Å². The van der Waals surface area contributed by atoms with E-state index in [-0.39, 0.29) is 16.5 Å². The van der Waals surface area contributed by atoms with Gasteiger partial charge in [0, 0.05) is 25.2 Å². The maximum Gasteiger partial charge on any atom is 0.322 e. The Bertz CT molecular complexity index is 1830. The summed E-state index contributed by atoms with van der Waals surface area (Å²) in [5, 5.41) is 16.9. The topological polar surface area (TPSA) is 180 Å². The first-order valence-electron chi connectivity index (χ1n) is 11.9. The van der Waals surface area contributed by atoms with Crippen molar-refractivity contribution in [2.75, 3.05) is 11.9 Å². The zero-order chi connectivity index (χ0) is 28.1. The molecule has 0 spiro atoms. The molecular formula is C26H22N6O6S2. The highest BCUT2D eigenvalue weighted by atomic mass is 32.2. The van der Waals surface area contributed by atoms with Gasteiger partial charge in [0.15, 0.2) is 0 Å². The fourth-order valence-corrected chi connectivity index (χ4v) is 6.26. The molecule has 14 heteroatoms. The summed E-state index contributed by atoms with van der Waals surface area (Å²) in [4.78, 5) is 36.4. The molecule has 0 fully saturated rings. The Labute approximate surface area is 231 Å². The number of sulfonamides is 1. The summed E-state index contributed by atoms with van der Waals surface area (Å²) in [7, 11) is -4.19. The summed E-state index contributed by atoms with van der Waals surface area (Å²) in [5.41, 5.74) is 1.11. The molecule has 40 heavy (non-hydrogen) atoms. The van der Waals surface area contributed by atoms with E-state index in [1.54, 1.807) is 36.5 Å². The van der Waals surface area contributed by atoms with Gasteiger partial charge in [-0.2, -0.15) is 4.72 Å². The molecule has 0 aliphatic carbocycles. The highest BCUT2D eigenvalue weighted by molar-refractivity contribution is 7.91. The van der Waals surface area contributed by atoms with Crippen molar-refractivity contribution >= 4 is 50.1 Å². The zero-order valence-electron chi connectivity index (χ0n) is 20.6. The molecule has 1 atom stereocenters. The van der Waals surface area contributed by atoms with Gasteiger partial charge in [0.25, 0.3) is 15.6 Å². The minimum Gasteiger partial charge on any atom is -0.480 e. The molecule has 4 heterocycles. The van der Waals surface area contributed by atoms with Gasteiger partial charge in [-0.15, -0.1) is 11.3 Å². The van der Waals surface area contributed by atoms with Crippen LogP contribution in [-0.2, 0) is 21.2 Å². The molecule has 0 aliphatic rings. The molecule has 0 amide bonds. The number of aliphatic carboxylic acids is 1. The second kappa shape index (κ2) is 11.6. The van der Waals surface area contributed by atoms with Crippen molar-refractivity contribution in [2.24, 2.45) is 0 Å². The quantitative estimate of drug-likeness (QED) is 0.182. The van der Waals surface area contributed by atoms with E-state index < -0.39 is 27.6 Å². The molecule has 1 aromatic carbocycles. The maximum absolute atomic E-state index is 12.9. The van der Waals surface area contributed by atoms with Gasteiger partial charge in [-0.3, -0.25) is 9.59 Å². The number of rotatable bonds is 11. The van der Waals surface area contributed by atoms with Crippen LogP contribution in [0.2, 0.25) is 0 Å². The van der Waals surface area contributed by atoms with Crippen LogP contribution < -0.4 is 15.6 Å². The third kappa shape index (κ3) is 6.31. The van der Waals surface area contributed by atoms with Crippen LogP contribution in [-0.4, -0.2) is 52.2 Å². The largest absolute Gasteiger partial charge is 0.480 e. The number of hydrogen-bond acceptors (Lipinski definition) is 10. The number of nitrogens with one attached hydrogen (secondary N) is 3. The third-order valence-electron chi connectivity index (χ3n) is 5.68. The van der Waals surface area contributed by atoms with E-state index >= 15 is 0 Å². The molecule has 0 bridgehead atoms. The molecule has 204 valence electrons. The van der Waals surface area contributed by atoms with Gasteiger partial charge in [-0.25, -0.2) is 18.4 Å². The van der Waals surface area contributed by atoms with Gasteiger partial charge in [0.05, 0.1) is 15.8 Å². The fourth-order valence-electron chi connectivity index (χ4n) is 3.79. The van der Waals surface area contributed by atoms with Gasteiger partial charge < -0.3 is 19.9 Å². The number of benzene rings is 1. The number of pyridine rings is 1. The minimum atomic E-state index is -4.19. The molecule has 0 radical (unpaired) electrons. The normalized spacial score (nSPS) is 12.6. The number of fused-ring (bicyclic) bond motifs is 1. The molecule has 0 aliphatic heterocycles. The molecule has 4 aromatic heterocycles. The summed E-state index contributed by atoms with van der Waals surface area (Å²) in [6, 6.07) is 13.6. The lowest BCUT2D eigenvalue weighted by Gasteiger charge is -2.14. The van der Waals surface area contributed by atoms with E-state index in [1.807, 2.05) is 30.4 Å². The monoisotopic (exact) mass is 578 g/mol. The van der Waals surface area contributed by atoms with E-state index in [0.29, 0.717) is 28.0 Å². The van der Waals surface area contributed by atoms with E-state index in [0.717, 1.165) is 22.7 Å². The minimum absolute atomic E-state index is 0.0323. The van der Waals surface area contributed by atoms with Crippen molar-refractivity contribution in [3.63, 3.8) is 0 Å². The first-order valence-corrected chi connectivity index (χ1v) is 14.2. The van der Waals surface area contributed by atoms with Crippen LogP contribution >= 0.6 is 11.3 Å². The van der Waals surface area contributed by atoms with Gasteiger partial charge >= 0.3 is 5.97 Å². The number of H-pyrrole nitrogens is 1. The molecule has 4 N–H and O–H groups in total. The van der Waals surface area contributed by atoms with Crippen LogP contribution in [0.25, 0.3) is 27.6 Å². The highest BCUT2D eigenvalue weighted by Gasteiger charge is 2.28. The number of aromatic nitrogens is 4. The van der Waals surface area contributed by atoms with Crippen LogP contribution in [0.3, 0.4) is 0 Å². The number of nitrogens with zero attached hydrogens (tertiary/aromatic N) is 3. The van der Waals surface area contributed by atoms with Crippen molar-refractivity contribution < 1.29 is 22.8 Å². The Morgan fingerprint density at radius 2 is 2.05 bits per heavy atom. The van der Waals surface area contributed by atoms with Crippen LogP contribution in [0.5, 0.6) is 0 Å². The van der Waals surface area contributed by atoms with Crippen molar-refractivity contribution in [3.8, 4) is 10.6 Å². The lowest BCUT2D eigenvalue weighted by Crippen LogP contribution is -2.42. The Kier molecular flexibility index (Phi) is 7.82. The smallest absolute Gasteiger partial charge is 0.322 e. The zero-order valence-corrected chi connectivity index (χ0v) is 22.3. The lowest BCUT2D eigenvalue weighted by atomic mass is 10.1. The highest BCUT2D eigenvalue weighted by Crippen LogP contribution is 2.29. The molecule has 5 rings (SSSR count). The van der Waals surface area contributed by atoms with Crippen LogP contribution in [0.1, 0.15) is 11.4 Å². The van der Waals surface area contributed by atoms with Gasteiger partial charge in [0.1, 0.15) is 33.9 Å². The SMILES string of the molecule is O=C(O)[C@H](Cc1nc2ccc(C=CCNc3ccccn3)cc2c(=O)[nH]1)NS(=O)(=O)c1ccc(-c2ccon2)s1. The number of anilines is 1. The fraction of sp³-hybridized carbons (Fsp3) is 0.115. The molecule has 5 aromatic rings. The van der Waals surface area contributed by atoms with Gasteiger partial charge in [-0.05, 0) is 42.0 Å². The Morgan fingerprint density at radius 3 is 2.80 bits per heavy atom. The summed E-state index contributed by atoms with van der Waals surface area (Å²) in [6.07, 6.45) is 6.41. The average Bonchev–Trinajstić information content (AvgIpc) is 3.65. The number of carbonyl (C=O) groups is 1. The van der Waals surface area contributed by atoms with Gasteiger partial charge in [-0.1, -0.05) is 29.4 Å². The van der Waals surface area contributed by atoms with Crippen molar-refractivity contribution in [2.45, 2.75) is 16.7 Å². The second-order valence-corrected chi connectivity index (χ2v) is 11.5. The Balaban J connectivity index is 1.29. The average molecular weight is 579 g/mol. The molecule has 0 saturated heterocycles. The maximum atomic E-state index is 12.9.